The van der Waals surface area contributed by atoms with Crippen LogP contribution in [-0.4, -0.2) is 28.9 Å². The van der Waals surface area contributed by atoms with E-state index in [-0.39, 0.29) is 18.3 Å². The molecule has 100 valence electrons. The normalized spacial score (nSPS) is 13.8. The maximum atomic E-state index is 12.3. The predicted octanol–water partition coefficient (Wildman–Crippen LogP) is 2.35. The number of amides is 1. The summed E-state index contributed by atoms with van der Waals surface area (Å²) >= 11 is 0. The molecule has 2 rings (SSSR count). The SMILES string of the molecule is CCCN(CC1CC1)C(=O)c1cnccc1N.Cl. The number of hydrogen-bond acceptors (Lipinski definition) is 3. The Morgan fingerprint density at radius 3 is 2.83 bits per heavy atom. The van der Waals surface area contributed by atoms with E-state index >= 15 is 0 Å². The summed E-state index contributed by atoms with van der Waals surface area (Å²) in [4.78, 5) is 18.2. The van der Waals surface area contributed by atoms with Gasteiger partial charge in [0.2, 0.25) is 0 Å². The molecule has 0 bridgehead atoms. The summed E-state index contributed by atoms with van der Waals surface area (Å²) in [6.07, 6.45) is 6.63. The molecule has 0 saturated heterocycles. The average Bonchev–Trinajstić information content (AvgIpc) is 3.12. The molecule has 1 heterocycles. The molecule has 0 aromatic carbocycles. The fourth-order valence-electron chi connectivity index (χ4n) is 1.91. The first kappa shape index (κ1) is 14.8. The van der Waals surface area contributed by atoms with Gasteiger partial charge in [-0.1, -0.05) is 6.92 Å². The molecule has 0 unspecified atom stereocenters. The number of carbonyl (C=O) groups is 1. The lowest BCUT2D eigenvalue weighted by atomic mass is 10.2. The molecule has 0 spiro atoms. The van der Waals surface area contributed by atoms with Crippen molar-refractivity contribution in [3.63, 3.8) is 0 Å². The summed E-state index contributed by atoms with van der Waals surface area (Å²) in [6.45, 7) is 3.74. The third-order valence-corrected chi connectivity index (χ3v) is 3.04. The third-order valence-electron chi connectivity index (χ3n) is 3.04. The van der Waals surface area contributed by atoms with Gasteiger partial charge in [-0.25, -0.2) is 0 Å². The maximum Gasteiger partial charge on any atom is 0.257 e. The molecular weight excluding hydrogens is 250 g/mol. The van der Waals surface area contributed by atoms with Gasteiger partial charge in [-0.15, -0.1) is 12.4 Å². The van der Waals surface area contributed by atoms with Crippen molar-refractivity contribution in [1.82, 2.24) is 9.88 Å². The van der Waals surface area contributed by atoms with Gasteiger partial charge in [0.25, 0.3) is 5.91 Å². The highest BCUT2D eigenvalue weighted by Gasteiger charge is 2.27. The van der Waals surface area contributed by atoms with Crippen LogP contribution in [0.5, 0.6) is 0 Å². The lowest BCUT2D eigenvalue weighted by Gasteiger charge is -2.22. The van der Waals surface area contributed by atoms with Crippen LogP contribution < -0.4 is 5.73 Å². The van der Waals surface area contributed by atoms with Gasteiger partial charge in [-0.3, -0.25) is 9.78 Å². The molecule has 5 heteroatoms. The summed E-state index contributed by atoms with van der Waals surface area (Å²) < 4.78 is 0. The molecule has 1 aliphatic rings. The largest absolute Gasteiger partial charge is 0.398 e. The van der Waals surface area contributed by atoms with Crippen molar-refractivity contribution in [2.45, 2.75) is 26.2 Å². The van der Waals surface area contributed by atoms with Gasteiger partial charge in [-0.05, 0) is 31.2 Å². The van der Waals surface area contributed by atoms with Gasteiger partial charge in [0.05, 0.1) is 5.56 Å². The fourth-order valence-corrected chi connectivity index (χ4v) is 1.91. The lowest BCUT2D eigenvalue weighted by Crippen LogP contribution is -2.34. The standard InChI is InChI=1S/C13H19N3O.ClH/c1-2-7-16(9-10-3-4-10)13(17)11-8-15-6-5-12(11)14;/h5-6,8,10H,2-4,7,9H2,1H3,(H2,14,15);1H. The molecule has 1 amide bonds. The molecule has 1 aromatic rings. The Hall–Kier alpha value is -1.29. The van der Waals surface area contributed by atoms with E-state index in [1.54, 1.807) is 18.5 Å². The second-order valence-corrected chi connectivity index (χ2v) is 4.66. The Morgan fingerprint density at radius 1 is 1.56 bits per heavy atom. The van der Waals surface area contributed by atoms with Crippen LogP contribution in [0.15, 0.2) is 18.5 Å². The first-order chi connectivity index (χ1) is 8.22. The van der Waals surface area contributed by atoms with Gasteiger partial charge in [0.15, 0.2) is 0 Å². The zero-order chi connectivity index (χ0) is 12.3. The monoisotopic (exact) mass is 269 g/mol. The number of halogens is 1. The van der Waals surface area contributed by atoms with E-state index < -0.39 is 0 Å². The molecular formula is C13H20ClN3O. The number of nitrogen functional groups attached to an aromatic ring is 1. The van der Waals surface area contributed by atoms with E-state index in [9.17, 15) is 4.79 Å². The van der Waals surface area contributed by atoms with E-state index in [0.717, 1.165) is 19.5 Å². The van der Waals surface area contributed by atoms with Crippen molar-refractivity contribution >= 4 is 24.0 Å². The van der Waals surface area contributed by atoms with Crippen molar-refractivity contribution in [2.75, 3.05) is 18.8 Å². The Labute approximate surface area is 114 Å². The van der Waals surface area contributed by atoms with Crippen LogP contribution in [0, 0.1) is 5.92 Å². The highest BCUT2D eigenvalue weighted by atomic mass is 35.5. The molecule has 0 radical (unpaired) electrons. The molecule has 1 aromatic heterocycles. The average molecular weight is 270 g/mol. The van der Waals surface area contributed by atoms with Crippen LogP contribution in [-0.2, 0) is 0 Å². The minimum Gasteiger partial charge on any atom is -0.398 e. The minimum atomic E-state index is 0. The lowest BCUT2D eigenvalue weighted by molar-refractivity contribution is 0.0748. The topological polar surface area (TPSA) is 59.2 Å². The third kappa shape index (κ3) is 3.60. The Morgan fingerprint density at radius 2 is 2.28 bits per heavy atom. The molecule has 2 N–H and O–H groups in total. The first-order valence-corrected chi connectivity index (χ1v) is 6.21. The van der Waals surface area contributed by atoms with Crippen molar-refractivity contribution in [3.05, 3.63) is 24.0 Å². The highest BCUT2D eigenvalue weighted by Crippen LogP contribution is 2.30. The van der Waals surface area contributed by atoms with E-state index in [4.69, 9.17) is 5.73 Å². The van der Waals surface area contributed by atoms with E-state index in [2.05, 4.69) is 11.9 Å². The molecule has 18 heavy (non-hydrogen) atoms. The zero-order valence-corrected chi connectivity index (χ0v) is 11.4. The maximum absolute atomic E-state index is 12.3. The predicted molar refractivity (Wildman–Crippen MR) is 74.8 cm³/mol. The Balaban J connectivity index is 0.00000162. The Bertz CT molecular complexity index is 407. The summed E-state index contributed by atoms with van der Waals surface area (Å²) in [7, 11) is 0. The van der Waals surface area contributed by atoms with E-state index in [0.29, 0.717) is 17.2 Å². The van der Waals surface area contributed by atoms with E-state index in [1.165, 1.54) is 12.8 Å². The molecule has 1 fully saturated rings. The molecule has 0 aliphatic heterocycles. The van der Waals surface area contributed by atoms with Crippen LogP contribution in [0.3, 0.4) is 0 Å². The van der Waals surface area contributed by atoms with Crippen molar-refractivity contribution in [2.24, 2.45) is 5.92 Å². The van der Waals surface area contributed by atoms with Crippen LogP contribution in [0.4, 0.5) is 5.69 Å². The highest BCUT2D eigenvalue weighted by molar-refractivity contribution is 5.98. The summed E-state index contributed by atoms with van der Waals surface area (Å²) in [6, 6.07) is 1.68. The molecule has 0 atom stereocenters. The minimum absolute atomic E-state index is 0. The first-order valence-electron chi connectivity index (χ1n) is 6.21. The van der Waals surface area contributed by atoms with Crippen molar-refractivity contribution in [3.8, 4) is 0 Å². The number of carbonyl (C=O) groups excluding carboxylic acids is 1. The molecule has 1 saturated carbocycles. The number of anilines is 1. The van der Waals surface area contributed by atoms with Crippen LogP contribution in [0.1, 0.15) is 36.5 Å². The number of hydrogen-bond donors (Lipinski definition) is 1. The summed E-state index contributed by atoms with van der Waals surface area (Å²) in [5.74, 6) is 0.716. The van der Waals surface area contributed by atoms with Crippen LogP contribution in [0.2, 0.25) is 0 Å². The van der Waals surface area contributed by atoms with Crippen molar-refractivity contribution in [1.29, 1.82) is 0 Å². The van der Waals surface area contributed by atoms with Gasteiger partial charge in [-0.2, -0.15) is 0 Å². The van der Waals surface area contributed by atoms with Crippen LogP contribution >= 0.6 is 12.4 Å². The fraction of sp³-hybridized carbons (Fsp3) is 0.538. The Kier molecular flexibility index (Phi) is 5.41. The number of pyridine rings is 1. The number of rotatable bonds is 5. The summed E-state index contributed by atoms with van der Waals surface area (Å²) in [5.41, 5.74) is 6.86. The quantitative estimate of drug-likeness (QED) is 0.893. The van der Waals surface area contributed by atoms with Gasteiger partial charge in [0.1, 0.15) is 0 Å². The van der Waals surface area contributed by atoms with Gasteiger partial charge >= 0.3 is 0 Å². The zero-order valence-electron chi connectivity index (χ0n) is 10.6. The van der Waals surface area contributed by atoms with Gasteiger partial charge in [0, 0.05) is 31.2 Å². The van der Waals surface area contributed by atoms with Crippen molar-refractivity contribution < 1.29 is 4.79 Å². The van der Waals surface area contributed by atoms with Crippen LogP contribution in [0.25, 0.3) is 0 Å². The second-order valence-electron chi connectivity index (χ2n) is 4.66. The second kappa shape index (κ2) is 6.59. The number of nitrogens with zero attached hydrogens (tertiary/aromatic N) is 2. The smallest absolute Gasteiger partial charge is 0.257 e. The summed E-state index contributed by atoms with van der Waals surface area (Å²) in [5, 5.41) is 0. The number of nitrogens with two attached hydrogens (primary N) is 1. The van der Waals surface area contributed by atoms with Gasteiger partial charge < -0.3 is 10.6 Å². The molecule has 4 nitrogen and oxygen atoms in total. The molecule has 1 aliphatic carbocycles. The number of aromatic nitrogens is 1. The van der Waals surface area contributed by atoms with E-state index in [1.807, 2.05) is 4.90 Å².